The molecule has 4 rings (SSSR count). The lowest BCUT2D eigenvalue weighted by molar-refractivity contribution is 0.0941. The lowest BCUT2D eigenvalue weighted by atomic mass is 9.98. The SMILES string of the molecule is CCCC.O=C(NC(c1ccccc1)c1ccc(O[P+](=O)O)cc1)c1cnc(-c2ccccn2)[nH]c1=O. The first-order chi connectivity index (χ1) is 17.9. The summed E-state index contributed by atoms with van der Waals surface area (Å²) < 4.78 is 15.7. The van der Waals surface area contributed by atoms with Crippen LogP contribution in [0.15, 0.2) is 90.0 Å². The molecule has 0 spiro atoms. The van der Waals surface area contributed by atoms with Crippen LogP contribution >= 0.6 is 8.25 Å². The number of amides is 1. The number of rotatable bonds is 8. The lowest BCUT2D eigenvalue weighted by Gasteiger charge is -2.20. The number of benzene rings is 2. The first-order valence-corrected chi connectivity index (χ1v) is 12.9. The number of unbranched alkanes of at least 4 members (excludes halogenated alkanes) is 1. The lowest BCUT2D eigenvalue weighted by Crippen LogP contribution is -2.33. The van der Waals surface area contributed by atoms with Gasteiger partial charge in [0.05, 0.1) is 6.04 Å². The number of hydrogen-bond donors (Lipinski definition) is 3. The number of nitrogens with one attached hydrogen (secondary N) is 2. The summed E-state index contributed by atoms with van der Waals surface area (Å²) in [4.78, 5) is 45.4. The summed E-state index contributed by atoms with van der Waals surface area (Å²) in [6.45, 7) is 4.36. The molecule has 2 aromatic carbocycles. The monoisotopic (exact) mass is 519 g/mol. The van der Waals surface area contributed by atoms with E-state index in [-0.39, 0.29) is 17.1 Å². The molecule has 0 saturated carbocycles. The van der Waals surface area contributed by atoms with Gasteiger partial charge in [0, 0.05) is 17.0 Å². The number of aromatic amines is 1. The molecule has 9 nitrogen and oxygen atoms in total. The van der Waals surface area contributed by atoms with E-state index in [1.807, 2.05) is 30.3 Å². The fourth-order valence-electron chi connectivity index (χ4n) is 3.21. The van der Waals surface area contributed by atoms with Gasteiger partial charge >= 0.3 is 8.25 Å². The van der Waals surface area contributed by atoms with Crippen LogP contribution < -0.4 is 15.4 Å². The van der Waals surface area contributed by atoms with Crippen molar-refractivity contribution in [3.05, 3.63) is 112 Å². The summed E-state index contributed by atoms with van der Waals surface area (Å²) >= 11 is 0. The van der Waals surface area contributed by atoms with Crippen LogP contribution in [0.2, 0.25) is 0 Å². The van der Waals surface area contributed by atoms with E-state index in [0.717, 1.165) is 5.56 Å². The van der Waals surface area contributed by atoms with E-state index >= 15 is 0 Å². The molecule has 37 heavy (non-hydrogen) atoms. The third-order valence-corrected chi connectivity index (χ3v) is 5.62. The molecule has 2 unspecified atom stereocenters. The largest absolute Gasteiger partial charge is 0.747 e. The second-order valence-electron chi connectivity index (χ2n) is 7.90. The van der Waals surface area contributed by atoms with Crippen LogP contribution in [0.3, 0.4) is 0 Å². The molecule has 0 bridgehead atoms. The van der Waals surface area contributed by atoms with Gasteiger partial charge in [0.2, 0.25) is 0 Å². The van der Waals surface area contributed by atoms with Crippen LogP contribution in [0.1, 0.15) is 54.2 Å². The van der Waals surface area contributed by atoms with E-state index in [2.05, 4.69) is 34.1 Å². The third kappa shape index (κ3) is 7.90. The summed E-state index contributed by atoms with van der Waals surface area (Å²) in [5, 5.41) is 2.86. The topological polar surface area (TPSA) is 134 Å². The minimum atomic E-state index is -2.78. The molecule has 2 heterocycles. The maximum absolute atomic E-state index is 13.0. The molecule has 190 valence electrons. The highest BCUT2D eigenvalue weighted by Gasteiger charge is 2.21. The molecule has 0 aliphatic heterocycles. The van der Waals surface area contributed by atoms with E-state index in [1.54, 1.807) is 36.5 Å². The van der Waals surface area contributed by atoms with Crippen molar-refractivity contribution in [3.8, 4) is 17.3 Å². The molecule has 2 aromatic heterocycles. The minimum absolute atomic E-state index is 0.146. The molecule has 0 aliphatic rings. The fraction of sp³-hybridized carbons (Fsp3) is 0.185. The first kappa shape index (κ1) is 27.4. The van der Waals surface area contributed by atoms with E-state index < -0.39 is 25.8 Å². The molecule has 4 aromatic rings. The Morgan fingerprint density at radius 3 is 2.19 bits per heavy atom. The number of H-pyrrole nitrogens is 1. The van der Waals surface area contributed by atoms with Gasteiger partial charge in [0.25, 0.3) is 11.5 Å². The third-order valence-electron chi connectivity index (χ3n) is 5.26. The highest BCUT2D eigenvalue weighted by atomic mass is 31.1. The smallest absolute Gasteiger partial charge is 0.341 e. The quantitative estimate of drug-likeness (QED) is 0.273. The normalized spacial score (nSPS) is 11.5. The summed E-state index contributed by atoms with van der Waals surface area (Å²) in [6, 6.07) is 20.2. The van der Waals surface area contributed by atoms with Gasteiger partial charge in [-0.25, -0.2) is 9.51 Å². The Bertz CT molecular complexity index is 1360. The number of carbonyl (C=O) groups excluding carboxylic acids is 1. The summed E-state index contributed by atoms with van der Waals surface area (Å²) in [7, 11) is -2.78. The molecule has 1 amide bonds. The molecule has 10 heteroatoms. The summed E-state index contributed by atoms with van der Waals surface area (Å²) in [6.07, 6.45) is 5.44. The number of aromatic nitrogens is 3. The van der Waals surface area contributed by atoms with Crippen LogP contribution in [0, 0.1) is 0 Å². The fourth-order valence-corrected chi connectivity index (χ4v) is 3.52. The Balaban J connectivity index is 0.000000886. The van der Waals surface area contributed by atoms with Crippen molar-refractivity contribution >= 4 is 14.2 Å². The van der Waals surface area contributed by atoms with E-state index in [1.165, 1.54) is 31.2 Å². The van der Waals surface area contributed by atoms with Gasteiger partial charge < -0.3 is 10.3 Å². The van der Waals surface area contributed by atoms with Crippen LogP contribution in [-0.2, 0) is 4.57 Å². The van der Waals surface area contributed by atoms with Crippen molar-refractivity contribution in [2.75, 3.05) is 0 Å². The second-order valence-corrected chi connectivity index (χ2v) is 8.56. The van der Waals surface area contributed by atoms with Gasteiger partial charge in [-0.2, -0.15) is 0 Å². The van der Waals surface area contributed by atoms with Crippen LogP contribution in [0.25, 0.3) is 11.5 Å². The van der Waals surface area contributed by atoms with Crippen molar-refractivity contribution in [2.24, 2.45) is 0 Å². The molecule has 2 atom stereocenters. The van der Waals surface area contributed by atoms with Gasteiger partial charge in [-0.05, 0) is 35.4 Å². The molecular formula is C27H28N4O5P+. The average molecular weight is 520 g/mol. The van der Waals surface area contributed by atoms with E-state index in [9.17, 15) is 14.2 Å². The predicted molar refractivity (Wildman–Crippen MR) is 141 cm³/mol. The van der Waals surface area contributed by atoms with Gasteiger partial charge in [0.15, 0.2) is 11.6 Å². The molecule has 0 aliphatic carbocycles. The maximum atomic E-state index is 13.0. The van der Waals surface area contributed by atoms with Crippen molar-refractivity contribution < 1.29 is 18.8 Å². The Morgan fingerprint density at radius 1 is 0.973 bits per heavy atom. The standard InChI is InChI=1S/C23H17N4O5P.C4H10/c28-22(18-14-25-21(27-23(18)29)19-8-4-5-13-24-19)26-20(15-6-2-1-3-7-15)16-9-11-17(12-10-16)32-33(30)31;1-3-4-2/h1-14,20H,(H2-,25,26,27,28,29,30,31);3-4H2,1-2H3/p+1. The zero-order valence-electron chi connectivity index (χ0n) is 20.5. The van der Waals surface area contributed by atoms with E-state index in [4.69, 9.17) is 9.42 Å². The van der Waals surface area contributed by atoms with E-state index in [0.29, 0.717) is 11.3 Å². The van der Waals surface area contributed by atoms with Crippen LogP contribution in [-0.4, -0.2) is 25.8 Å². The summed E-state index contributed by atoms with van der Waals surface area (Å²) in [5.41, 5.74) is 1.21. The molecular weight excluding hydrogens is 491 g/mol. The van der Waals surface area contributed by atoms with Gasteiger partial charge in [-0.15, -0.1) is 4.89 Å². The Morgan fingerprint density at radius 2 is 1.62 bits per heavy atom. The van der Waals surface area contributed by atoms with Gasteiger partial charge in [0.1, 0.15) is 11.3 Å². The minimum Gasteiger partial charge on any atom is -0.341 e. The summed E-state index contributed by atoms with van der Waals surface area (Å²) in [5.74, 6) is -0.134. The second kappa shape index (κ2) is 13.8. The predicted octanol–water partition coefficient (Wildman–Crippen LogP) is 5.19. The van der Waals surface area contributed by atoms with Gasteiger partial charge in [-0.1, -0.05) is 75.2 Å². The van der Waals surface area contributed by atoms with Crippen LogP contribution in [0.5, 0.6) is 5.75 Å². The Labute approximate surface area is 215 Å². The maximum Gasteiger partial charge on any atom is 0.747 e. The molecule has 3 N–H and O–H groups in total. The number of pyridine rings is 1. The highest BCUT2D eigenvalue weighted by Crippen LogP contribution is 2.27. The van der Waals surface area contributed by atoms with Crippen molar-refractivity contribution in [1.82, 2.24) is 20.3 Å². The Hall–Kier alpha value is -4.20. The van der Waals surface area contributed by atoms with Crippen molar-refractivity contribution in [2.45, 2.75) is 32.7 Å². The van der Waals surface area contributed by atoms with Gasteiger partial charge in [-0.3, -0.25) is 14.6 Å². The van der Waals surface area contributed by atoms with Crippen molar-refractivity contribution in [3.63, 3.8) is 0 Å². The molecule has 0 saturated heterocycles. The van der Waals surface area contributed by atoms with Crippen LogP contribution in [0.4, 0.5) is 0 Å². The molecule has 0 fully saturated rings. The number of carbonyl (C=O) groups is 1. The Kier molecular flexibility index (Phi) is 10.2. The zero-order valence-corrected chi connectivity index (χ0v) is 21.4. The zero-order chi connectivity index (χ0) is 26.6. The number of nitrogens with zero attached hydrogens (tertiary/aromatic N) is 2. The highest BCUT2D eigenvalue weighted by molar-refractivity contribution is 7.32. The molecule has 0 radical (unpaired) electrons. The average Bonchev–Trinajstić information content (AvgIpc) is 2.93. The first-order valence-electron chi connectivity index (χ1n) is 11.7. The number of hydrogen-bond acceptors (Lipinski definition) is 6. The van der Waals surface area contributed by atoms with Crippen molar-refractivity contribution in [1.29, 1.82) is 0 Å².